The van der Waals surface area contributed by atoms with E-state index in [-0.39, 0.29) is 0 Å². The SMILES string of the molecule is CN=C(NCc1ccc(OC)c(C)c1)N1CCC(C)CC1. The van der Waals surface area contributed by atoms with Crippen LogP contribution in [0.15, 0.2) is 23.2 Å². The van der Waals surface area contributed by atoms with Gasteiger partial charge in [-0.25, -0.2) is 0 Å². The summed E-state index contributed by atoms with van der Waals surface area (Å²) >= 11 is 0. The van der Waals surface area contributed by atoms with E-state index in [0.717, 1.165) is 37.3 Å². The van der Waals surface area contributed by atoms with Crippen molar-refractivity contribution in [3.63, 3.8) is 0 Å². The standard InChI is InChI=1S/C17H27N3O/c1-13-7-9-20(10-8-13)17(18-3)19-12-15-5-6-16(21-4)14(2)11-15/h5-6,11,13H,7-10,12H2,1-4H3,(H,18,19). The summed E-state index contributed by atoms with van der Waals surface area (Å²) in [6, 6.07) is 6.29. The normalized spacial score (nSPS) is 17.0. The fraction of sp³-hybridized carbons (Fsp3) is 0.588. The summed E-state index contributed by atoms with van der Waals surface area (Å²) in [7, 11) is 3.57. The van der Waals surface area contributed by atoms with Crippen LogP contribution in [-0.2, 0) is 6.54 Å². The lowest BCUT2D eigenvalue weighted by Crippen LogP contribution is -2.45. The van der Waals surface area contributed by atoms with Gasteiger partial charge < -0.3 is 15.0 Å². The fourth-order valence-corrected chi connectivity index (χ4v) is 2.78. The van der Waals surface area contributed by atoms with Crippen LogP contribution in [-0.4, -0.2) is 38.1 Å². The molecule has 0 atom stereocenters. The summed E-state index contributed by atoms with van der Waals surface area (Å²) < 4.78 is 5.30. The van der Waals surface area contributed by atoms with Gasteiger partial charge >= 0.3 is 0 Å². The maximum Gasteiger partial charge on any atom is 0.193 e. The van der Waals surface area contributed by atoms with Gasteiger partial charge in [0.05, 0.1) is 7.11 Å². The molecule has 1 N–H and O–H groups in total. The Morgan fingerprint density at radius 3 is 2.67 bits per heavy atom. The molecule has 0 radical (unpaired) electrons. The first-order valence-corrected chi connectivity index (χ1v) is 7.73. The fourth-order valence-electron chi connectivity index (χ4n) is 2.78. The lowest BCUT2D eigenvalue weighted by Gasteiger charge is -2.33. The van der Waals surface area contributed by atoms with Crippen molar-refractivity contribution in [2.45, 2.75) is 33.2 Å². The van der Waals surface area contributed by atoms with Gasteiger partial charge in [-0.3, -0.25) is 4.99 Å². The number of piperidine rings is 1. The maximum absolute atomic E-state index is 5.30. The Labute approximate surface area is 128 Å². The van der Waals surface area contributed by atoms with Crippen molar-refractivity contribution >= 4 is 5.96 Å². The molecule has 0 aliphatic carbocycles. The molecule has 4 nitrogen and oxygen atoms in total. The number of nitrogens with one attached hydrogen (secondary N) is 1. The van der Waals surface area contributed by atoms with Gasteiger partial charge in [-0.2, -0.15) is 0 Å². The second-order valence-electron chi connectivity index (χ2n) is 5.87. The van der Waals surface area contributed by atoms with Crippen LogP contribution in [0.1, 0.15) is 30.9 Å². The molecular weight excluding hydrogens is 262 g/mol. The van der Waals surface area contributed by atoms with Gasteiger partial charge in [0.15, 0.2) is 5.96 Å². The molecule has 1 heterocycles. The Bertz CT molecular complexity index is 491. The van der Waals surface area contributed by atoms with Crippen molar-refractivity contribution in [3.8, 4) is 5.75 Å². The van der Waals surface area contributed by atoms with Crippen molar-refractivity contribution in [3.05, 3.63) is 29.3 Å². The molecule has 4 heteroatoms. The lowest BCUT2D eigenvalue weighted by molar-refractivity contribution is 0.273. The van der Waals surface area contributed by atoms with Crippen LogP contribution in [0.5, 0.6) is 5.75 Å². The third-order valence-corrected chi connectivity index (χ3v) is 4.20. The van der Waals surface area contributed by atoms with E-state index in [1.54, 1.807) is 7.11 Å². The Kier molecular flexibility index (Phi) is 5.48. The van der Waals surface area contributed by atoms with E-state index in [0.29, 0.717) is 0 Å². The minimum atomic E-state index is 0.795. The van der Waals surface area contributed by atoms with Crippen LogP contribution in [0.4, 0.5) is 0 Å². The van der Waals surface area contributed by atoms with Crippen LogP contribution in [0.3, 0.4) is 0 Å². The van der Waals surface area contributed by atoms with Crippen LogP contribution in [0.2, 0.25) is 0 Å². The molecule has 0 bridgehead atoms. The highest BCUT2D eigenvalue weighted by atomic mass is 16.5. The van der Waals surface area contributed by atoms with Gasteiger partial charge in [-0.05, 0) is 42.9 Å². The van der Waals surface area contributed by atoms with Crippen LogP contribution in [0.25, 0.3) is 0 Å². The predicted octanol–water partition coefficient (Wildman–Crippen LogP) is 2.81. The Morgan fingerprint density at radius 1 is 1.38 bits per heavy atom. The number of ether oxygens (including phenoxy) is 1. The van der Waals surface area contributed by atoms with E-state index >= 15 is 0 Å². The highest BCUT2D eigenvalue weighted by molar-refractivity contribution is 5.79. The third kappa shape index (κ3) is 4.13. The first-order chi connectivity index (χ1) is 10.1. The Hall–Kier alpha value is -1.71. The third-order valence-electron chi connectivity index (χ3n) is 4.20. The van der Waals surface area contributed by atoms with E-state index in [2.05, 4.69) is 41.2 Å². The number of methoxy groups -OCH3 is 1. The summed E-state index contributed by atoms with van der Waals surface area (Å²) in [5.41, 5.74) is 2.42. The molecular formula is C17H27N3O. The average molecular weight is 289 g/mol. The van der Waals surface area contributed by atoms with E-state index in [9.17, 15) is 0 Å². The zero-order valence-electron chi connectivity index (χ0n) is 13.6. The number of hydrogen-bond acceptors (Lipinski definition) is 2. The first kappa shape index (κ1) is 15.7. The number of guanidine groups is 1. The summed E-state index contributed by atoms with van der Waals surface area (Å²) in [4.78, 5) is 6.77. The summed E-state index contributed by atoms with van der Waals surface area (Å²) in [6.45, 7) is 7.39. The van der Waals surface area contributed by atoms with E-state index in [1.165, 1.54) is 24.0 Å². The molecule has 116 valence electrons. The molecule has 0 amide bonds. The molecule has 0 spiro atoms. The molecule has 2 rings (SSSR count). The van der Waals surface area contributed by atoms with Crippen molar-refractivity contribution in [2.75, 3.05) is 27.2 Å². The molecule has 1 aliphatic heterocycles. The Balaban J connectivity index is 1.93. The van der Waals surface area contributed by atoms with Crippen molar-refractivity contribution in [1.82, 2.24) is 10.2 Å². The Morgan fingerprint density at radius 2 is 2.10 bits per heavy atom. The molecule has 0 saturated carbocycles. The summed E-state index contributed by atoms with van der Waals surface area (Å²) in [5.74, 6) is 2.78. The molecule has 1 saturated heterocycles. The molecule has 21 heavy (non-hydrogen) atoms. The largest absolute Gasteiger partial charge is 0.496 e. The second kappa shape index (κ2) is 7.34. The van der Waals surface area contributed by atoms with Gasteiger partial charge in [-0.15, -0.1) is 0 Å². The van der Waals surface area contributed by atoms with Crippen molar-refractivity contribution in [1.29, 1.82) is 0 Å². The van der Waals surface area contributed by atoms with Gasteiger partial charge in [0.1, 0.15) is 5.75 Å². The quantitative estimate of drug-likeness (QED) is 0.687. The molecule has 1 aromatic rings. The van der Waals surface area contributed by atoms with Gasteiger partial charge in [0.25, 0.3) is 0 Å². The zero-order valence-corrected chi connectivity index (χ0v) is 13.6. The number of rotatable bonds is 3. The van der Waals surface area contributed by atoms with Crippen molar-refractivity contribution < 1.29 is 4.74 Å². The van der Waals surface area contributed by atoms with Crippen LogP contribution in [0, 0.1) is 12.8 Å². The molecule has 1 aromatic carbocycles. The number of benzene rings is 1. The van der Waals surface area contributed by atoms with Crippen molar-refractivity contribution in [2.24, 2.45) is 10.9 Å². The van der Waals surface area contributed by atoms with E-state index < -0.39 is 0 Å². The smallest absolute Gasteiger partial charge is 0.193 e. The monoisotopic (exact) mass is 289 g/mol. The average Bonchev–Trinajstić information content (AvgIpc) is 2.49. The minimum absolute atomic E-state index is 0.795. The number of hydrogen-bond donors (Lipinski definition) is 1. The summed E-state index contributed by atoms with van der Waals surface area (Å²) in [5, 5.41) is 3.47. The maximum atomic E-state index is 5.30. The van der Waals surface area contributed by atoms with Gasteiger partial charge in [0.2, 0.25) is 0 Å². The topological polar surface area (TPSA) is 36.9 Å². The molecule has 1 fully saturated rings. The number of nitrogens with zero attached hydrogens (tertiary/aromatic N) is 2. The van der Waals surface area contributed by atoms with Crippen LogP contribution < -0.4 is 10.1 Å². The van der Waals surface area contributed by atoms with E-state index in [4.69, 9.17) is 4.74 Å². The molecule has 0 unspecified atom stereocenters. The highest BCUT2D eigenvalue weighted by Gasteiger charge is 2.18. The first-order valence-electron chi connectivity index (χ1n) is 7.73. The molecule has 1 aliphatic rings. The molecule has 0 aromatic heterocycles. The van der Waals surface area contributed by atoms with Crippen LogP contribution >= 0.6 is 0 Å². The second-order valence-corrected chi connectivity index (χ2v) is 5.87. The number of aryl methyl sites for hydroxylation is 1. The predicted molar refractivity (Wildman–Crippen MR) is 87.9 cm³/mol. The summed E-state index contributed by atoms with van der Waals surface area (Å²) in [6.07, 6.45) is 2.50. The number of likely N-dealkylation sites (tertiary alicyclic amines) is 1. The zero-order chi connectivity index (χ0) is 15.2. The minimum Gasteiger partial charge on any atom is -0.496 e. The van der Waals surface area contributed by atoms with Gasteiger partial charge in [0, 0.05) is 26.7 Å². The van der Waals surface area contributed by atoms with E-state index in [1.807, 2.05) is 13.1 Å². The van der Waals surface area contributed by atoms with Gasteiger partial charge in [-0.1, -0.05) is 19.1 Å². The highest BCUT2D eigenvalue weighted by Crippen LogP contribution is 2.19. The lowest BCUT2D eigenvalue weighted by atomic mass is 9.99. The number of aliphatic imine (C=N–C) groups is 1.